The number of aliphatic hydroxyl groups is 1. The fourth-order valence-electron chi connectivity index (χ4n) is 2.38. The number of likely N-dealkylation sites (tertiary alicyclic amines) is 1. The van der Waals surface area contributed by atoms with Gasteiger partial charge in [0.2, 0.25) is 0 Å². The van der Waals surface area contributed by atoms with E-state index in [1.807, 2.05) is 13.8 Å². The van der Waals surface area contributed by atoms with Gasteiger partial charge in [0.25, 0.3) is 0 Å². The van der Waals surface area contributed by atoms with Gasteiger partial charge in [0.05, 0.1) is 5.60 Å². The van der Waals surface area contributed by atoms with Gasteiger partial charge in [-0.3, -0.25) is 9.89 Å². The molecule has 3 N–H and O–H groups in total. The van der Waals surface area contributed by atoms with Gasteiger partial charge in [-0.1, -0.05) is 13.8 Å². The lowest BCUT2D eigenvalue weighted by Crippen LogP contribution is -2.50. The molecule has 0 amide bonds. The summed E-state index contributed by atoms with van der Waals surface area (Å²) in [5, 5.41) is 16.7. The zero-order valence-corrected chi connectivity index (χ0v) is 13.9. The molecule has 1 aliphatic rings. The van der Waals surface area contributed by atoms with Crippen LogP contribution in [0, 0.1) is 5.92 Å². The standard InChI is InChI=1S/C15H32N4O/c1-7-15(5,20)10-17-14(16-6)18-13-9-19(11(2)3)8-12(13)4/h11-13,20H,7-10H2,1-6H3,(H2,16,17,18). The summed E-state index contributed by atoms with van der Waals surface area (Å²) in [6.07, 6.45) is 0.720. The van der Waals surface area contributed by atoms with Gasteiger partial charge in [0.15, 0.2) is 5.96 Å². The first-order valence-electron chi connectivity index (χ1n) is 7.72. The van der Waals surface area contributed by atoms with Gasteiger partial charge >= 0.3 is 0 Å². The molecule has 1 aliphatic heterocycles. The largest absolute Gasteiger partial charge is 0.388 e. The molecule has 1 saturated heterocycles. The molecular weight excluding hydrogens is 252 g/mol. The van der Waals surface area contributed by atoms with E-state index in [2.05, 4.69) is 41.3 Å². The maximum Gasteiger partial charge on any atom is 0.191 e. The Morgan fingerprint density at radius 2 is 2.10 bits per heavy atom. The van der Waals surface area contributed by atoms with E-state index in [-0.39, 0.29) is 0 Å². The smallest absolute Gasteiger partial charge is 0.191 e. The van der Waals surface area contributed by atoms with Crippen molar-refractivity contribution in [3.05, 3.63) is 0 Å². The van der Waals surface area contributed by atoms with Crippen molar-refractivity contribution < 1.29 is 5.11 Å². The van der Waals surface area contributed by atoms with Crippen molar-refractivity contribution in [2.24, 2.45) is 10.9 Å². The van der Waals surface area contributed by atoms with Crippen LogP contribution >= 0.6 is 0 Å². The van der Waals surface area contributed by atoms with E-state index >= 15 is 0 Å². The molecule has 1 fully saturated rings. The Kier molecular flexibility index (Phi) is 6.27. The molecule has 0 bridgehead atoms. The number of nitrogens with zero attached hydrogens (tertiary/aromatic N) is 2. The second-order valence-corrected chi connectivity index (χ2v) is 6.55. The van der Waals surface area contributed by atoms with Crippen molar-refractivity contribution >= 4 is 5.96 Å². The third kappa shape index (κ3) is 4.94. The van der Waals surface area contributed by atoms with E-state index in [0.29, 0.717) is 24.5 Å². The Morgan fingerprint density at radius 3 is 2.55 bits per heavy atom. The van der Waals surface area contributed by atoms with Crippen LogP contribution in [0.3, 0.4) is 0 Å². The van der Waals surface area contributed by atoms with Crippen LogP contribution in [0.25, 0.3) is 0 Å². The van der Waals surface area contributed by atoms with Gasteiger partial charge < -0.3 is 15.7 Å². The summed E-state index contributed by atoms with van der Waals surface area (Å²) in [7, 11) is 1.77. The van der Waals surface area contributed by atoms with E-state index in [1.165, 1.54) is 0 Å². The maximum atomic E-state index is 10.0. The van der Waals surface area contributed by atoms with Crippen LogP contribution in [-0.2, 0) is 0 Å². The third-order valence-electron chi connectivity index (χ3n) is 4.31. The average molecular weight is 284 g/mol. The first-order valence-corrected chi connectivity index (χ1v) is 7.72. The lowest BCUT2D eigenvalue weighted by atomic mass is 10.0. The van der Waals surface area contributed by atoms with E-state index in [9.17, 15) is 5.11 Å². The molecule has 3 unspecified atom stereocenters. The Labute approximate surface area is 123 Å². The quantitative estimate of drug-likeness (QED) is 0.521. The Bertz CT molecular complexity index is 328. The molecule has 1 rings (SSSR count). The molecule has 5 nitrogen and oxygen atoms in total. The van der Waals surface area contributed by atoms with Crippen LogP contribution < -0.4 is 10.6 Å². The molecule has 0 radical (unpaired) electrons. The number of aliphatic imine (C=N–C) groups is 1. The molecule has 0 aromatic rings. The second kappa shape index (κ2) is 7.27. The van der Waals surface area contributed by atoms with Gasteiger partial charge in [-0.05, 0) is 33.1 Å². The number of rotatable bonds is 5. The van der Waals surface area contributed by atoms with Crippen LogP contribution in [0.5, 0.6) is 0 Å². The summed E-state index contributed by atoms with van der Waals surface area (Å²) in [5.74, 6) is 1.38. The molecule has 3 atom stereocenters. The minimum Gasteiger partial charge on any atom is -0.388 e. The molecule has 0 aromatic carbocycles. The Morgan fingerprint density at radius 1 is 1.45 bits per heavy atom. The van der Waals surface area contributed by atoms with Crippen molar-refractivity contribution in [2.75, 3.05) is 26.7 Å². The molecule has 118 valence electrons. The Balaban J connectivity index is 2.49. The summed E-state index contributed by atoms with van der Waals surface area (Å²) < 4.78 is 0. The normalized spacial score (nSPS) is 27.7. The first-order chi connectivity index (χ1) is 9.29. The van der Waals surface area contributed by atoms with Crippen molar-refractivity contribution in [2.45, 2.75) is 58.7 Å². The fraction of sp³-hybridized carbons (Fsp3) is 0.933. The number of guanidine groups is 1. The summed E-state index contributed by atoms with van der Waals surface area (Å²) >= 11 is 0. The predicted molar refractivity (Wildman–Crippen MR) is 85.1 cm³/mol. The van der Waals surface area contributed by atoms with Crippen molar-refractivity contribution in [1.29, 1.82) is 0 Å². The zero-order valence-electron chi connectivity index (χ0n) is 13.9. The average Bonchev–Trinajstić information content (AvgIpc) is 2.76. The highest BCUT2D eigenvalue weighted by molar-refractivity contribution is 5.80. The number of nitrogens with one attached hydrogen (secondary N) is 2. The van der Waals surface area contributed by atoms with Crippen LogP contribution in [0.2, 0.25) is 0 Å². The van der Waals surface area contributed by atoms with E-state index < -0.39 is 5.60 Å². The van der Waals surface area contributed by atoms with Crippen LogP contribution in [0.4, 0.5) is 0 Å². The minimum atomic E-state index is -0.692. The van der Waals surface area contributed by atoms with Gasteiger partial charge in [0, 0.05) is 38.8 Å². The first kappa shape index (κ1) is 17.2. The molecule has 0 aliphatic carbocycles. The van der Waals surface area contributed by atoms with Gasteiger partial charge in [-0.25, -0.2) is 0 Å². The molecule has 0 aromatic heterocycles. The van der Waals surface area contributed by atoms with E-state index in [0.717, 1.165) is 25.5 Å². The molecule has 1 heterocycles. The summed E-state index contributed by atoms with van der Waals surface area (Å²) in [6.45, 7) is 13.3. The maximum absolute atomic E-state index is 10.0. The molecule has 0 spiro atoms. The SMILES string of the molecule is CCC(C)(O)CNC(=NC)NC1CN(C(C)C)CC1C. The second-order valence-electron chi connectivity index (χ2n) is 6.55. The highest BCUT2D eigenvalue weighted by atomic mass is 16.3. The van der Waals surface area contributed by atoms with Crippen molar-refractivity contribution in [3.63, 3.8) is 0 Å². The van der Waals surface area contributed by atoms with Crippen LogP contribution in [0.15, 0.2) is 4.99 Å². The monoisotopic (exact) mass is 284 g/mol. The fourth-order valence-corrected chi connectivity index (χ4v) is 2.38. The molecule has 20 heavy (non-hydrogen) atoms. The van der Waals surface area contributed by atoms with Crippen LogP contribution in [-0.4, -0.2) is 60.3 Å². The minimum absolute atomic E-state index is 0.412. The van der Waals surface area contributed by atoms with Crippen LogP contribution in [0.1, 0.15) is 41.0 Å². The highest BCUT2D eigenvalue weighted by Gasteiger charge is 2.31. The molecule has 0 saturated carbocycles. The molecular formula is C15H32N4O. The topological polar surface area (TPSA) is 59.9 Å². The zero-order chi connectivity index (χ0) is 15.3. The molecule has 5 heteroatoms. The van der Waals surface area contributed by atoms with Crippen molar-refractivity contribution in [1.82, 2.24) is 15.5 Å². The lowest BCUT2D eigenvalue weighted by Gasteiger charge is -2.25. The van der Waals surface area contributed by atoms with E-state index in [4.69, 9.17) is 0 Å². The van der Waals surface area contributed by atoms with Crippen molar-refractivity contribution in [3.8, 4) is 0 Å². The third-order valence-corrected chi connectivity index (χ3v) is 4.31. The number of hydrogen-bond donors (Lipinski definition) is 3. The van der Waals surface area contributed by atoms with Gasteiger partial charge in [0.1, 0.15) is 0 Å². The highest BCUT2D eigenvalue weighted by Crippen LogP contribution is 2.18. The van der Waals surface area contributed by atoms with Gasteiger partial charge in [-0.15, -0.1) is 0 Å². The summed E-state index contributed by atoms with van der Waals surface area (Å²) in [5.41, 5.74) is -0.692. The van der Waals surface area contributed by atoms with E-state index in [1.54, 1.807) is 7.05 Å². The number of hydrogen-bond acceptors (Lipinski definition) is 3. The predicted octanol–water partition coefficient (Wildman–Crippen LogP) is 1.04. The summed E-state index contributed by atoms with van der Waals surface area (Å²) in [6, 6.07) is 0.996. The lowest BCUT2D eigenvalue weighted by molar-refractivity contribution is 0.0603. The Hall–Kier alpha value is -0.810. The van der Waals surface area contributed by atoms with Gasteiger partial charge in [-0.2, -0.15) is 0 Å². The summed E-state index contributed by atoms with van der Waals surface area (Å²) in [4.78, 5) is 6.74.